The highest BCUT2D eigenvalue weighted by Gasteiger charge is 2.31. The van der Waals surface area contributed by atoms with Crippen LogP contribution in [-0.4, -0.2) is 29.4 Å². The Bertz CT molecular complexity index is 243. The Labute approximate surface area is 105 Å². The van der Waals surface area contributed by atoms with E-state index in [-0.39, 0.29) is 17.9 Å². The van der Waals surface area contributed by atoms with Crippen LogP contribution in [-0.2, 0) is 4.79 Å². The molecule has 1 rings (SSSR count). The lowest BCUT2D eigenvalue weighted by molar-refractivity contribution is -0.127. The molecule has 100 valence electrons. The van der Waals surface area contributed by atoms with Crippen molar-refractivity contribution < 1.29 is 4.79 Å². The zero-order valence-corrected chi connectivity index (χ0v) is 11.4. The van der Waals surface area contributed by atoms with Gasteiger partial charge in [0.2, 0.25) is 5.91 Å². The normalized spacial score (nSPS) is 25.3. The largest absolute Gasteiger partial charge is 0.297 e. The number of likely N-dealkylation sites (tertiary alicyclic amines) is 1. The first-order valence-corrected chi connectivity index (χ1v) is 6.88. The molecule has 17 heavy (non-hydrogen) atoms. The van der Waals surface area contributed by atoms with Gasteiger partial charge in [0.25, 0.3) is 0 Å². The van der Waals surface area contributed by atoms with E-state index >= 15 is 0 Å². The zero-order chi connectivity index (χ0) is 12.8. The first-order valence-electron chi connectivity index (χ1n) is 6.88. The van der Waals surface area contributed by atoms with Crippen molar-refractivity contribution in [2.45, 2.75) is 65.0 Å². The van der Waals surface area contributed by atoms with E-state index in [1.165, 1.54) is 32.1 Å². The van der Waals surface area contributed by atoms with Gasteiger partial charge < -0.3 is 0 Å². The van der Waals surface area contributed by atoms with Crippen molar-refractivity contribution in [2.24, 2.45) is 11.8 Å². The van der Waals surface area contributed by atoms with Gasteiger partial charge in [-0.2, -0.15) is 0 Å². The Morgan fingerprint density at radius 3 is 2.76 bits per heavy atom. The number of carbonyl (C=O) groups is 1. The molecule has 0 aromatic carbocycles. The number of nitrogens with zero attached hydrogens (tertiary/aromatic N) is 1. The van der Waals surface area contributed by atoms with Crippen LogP contribution in [0.25, 0.3) is 0 Å². The van der Waals surface area contributed by atoms with Crippen LogP contribution in [0.5, 0.6) is 0 Å². The minimum Gasteiger partial charge on any atom is -0.297 e. The van der Waals surface area contributed by atoms with E-state index in [1.807, 2.05) is 6.92 Å². The summed E-state index contributed by atoms with van der Waals surface area (Å²) >= 11 is 0. The Hall–Kier alpha value is -0.610. The van der Waals surface area contributed by atoms with Gasteiger partial charge >= 0.3 is 0 Å². The Kier molecular flexibility index (Phi) is 5.92. The number of rotatable bonds is 5. The van der Waals surface area contributed by atoms with Crippen molar-refractivity contribution in [2.75, 3.05) is 6.54 Å². The van der Waals surface area contributed by atoms with Gasteiger partial charge in [0.1, 0.15) is 0 Å². The van der Waals surface area contributed by atoms with Gasteiger partial charge in [-0.05, 0) is 32.7 Å². The summed E-state index contributed by atoms with van der Waals surface area (Å²) < 4.78 is 0. The first-order chi connectivity index (χ1) is 8.11. The molecule has 1 heterocycles. The number of hydrazine groups is 1. The highest BCUT2D eigenvalue weighted by atomic mass is 16.2. The highest BCUT2D eigenvalue weighted by Crippen LogP contribution is 2.25. The van der Waals surface area contributed by atoms with Crippen molar-refractivity contribution >= 4 is 5.91 Å². The van der Waals surface area contributed by atoms with Crippen LogP contribution in [0.2, 0.25) is 0 Å². The summed E-state index contributed by atoms with van der Waals surface area (Å²) in [7, 11) is 0. The SMILES string of the molecule is CCCC1CCCCN1C(C)C(C)C(=O)NN. The van der Waals surface area contributed by atoms with Crippen molar-refractivity contribution in [1.82, 2.24) is 10.3 Å². The van der Waals surface area contributed by atoms with Crippen molar-refractivity contribution in [1.29, 1.82) is 0 Å². The minimum atomic E-state index is -0.0571. The first kappa shape index (κ1) is 14.5. The molecule has 1 aliphatic heterocycles. The fourth-order valence-electron chi connectivity index (χ4n) is 2.84. The second-order valence-electron chi connectivity index (χ2n) is 5.21. The number of amides is 1. The van der Waals surface area contributed by atoms with E-state index in [0.29, 0.717) is 6.04 Å². The van der Waals surface area contributed by atoms with Crippen molar-refractivity contribution in [3.63, 3.8) is 0 Å². The van der Waals surface area contributed by atoms with Crippen LogP contribution in [0.3, 0.4) is 0 Å². The lowest BCUT2D eigenvalue weighted by atomic mass is 9.92. The summed E-state index contributed by atoms with van der Waals surface area (Å²) in [5, 5.41) is 0. The summed E-state index contributed by atoms with van der Waals surface area (Å²) in [5.41, 5.74) is 2.27. The summed E-state index contributed by atoms with van der Waals surface area (Å²) in [6.45, 7) is 7.46. The number of nitrogens with one attached hydrogen (secondary N) is 1. The third-order valence-electron chi connectivity index (χ3n) is 4.10. The molecule has 1 amide bonds. The van der Waals surface area contributed by atoms with E-state index in [9.17, 15) is 4.79 Å². The molecule has 0 aromatic rings. The quantitative estimate of drug-likeness (QED) is 0.437. The standard InChI is InChI=1S/C13H27N3O/c1-4-7-12-8-5-6-9-16(12)11(3)10(2)13(17)15-14/h10-12H,4-9,14H2,1-3H3,(H,15,17). The molecule has 1 aliphatic rings. The van der Waals surface area contributed by atoms with Crippen LogP contribution in [0.4, 0.5) is 0 Å². The molecule has 0 aromatic heterocycles. The van der Waals surface area contributed by atoms with Crippen LogP contribution in [0, 0.1) is 5.92 Å². The molecule has 3 unspecified atom stereocenters. The molecule has 0 bridgehead atoms. The van der Waals surface area contributed by atoms with Crippen LogP contribution in [0.15, 0.2) is 0 Å². The van der Waals surface area contributed by atoms with E-state index in [1.54, 1.807) is 0 Å². The molecular formula is C13H27N3O. The van der Waals surface area contributed by atoms with E-state index in [0.717, 1.165) is 6.54 Å². The fourth-order valence-corrected chi connectivity index (χ4v) is 2.84. The Balaban J connectivity index is 2.63. The molecule has 0 saturated carbocycles. The number of piperidine rings is 1. The lowest BCUT2D eigenvalue weighted by Gasteiger charge is -2.41. The van der Waals surface area contributed by atoms with Crippen LogP contribution < -0.4 is 11.3 Å². The van der Waals surface area contributed by atoms with Gasteiger partial charge in [-0.1, -0.05) is 26.7 Å². The third kappa shape index (κ3) is 3.68. The van der Waals surface area contributed by atoms with Gasteiger partial charge in [0.05, 0.1) is 5.92 Å². The molecule has 1 fully saturated rings. The number of nitrogens with two attached hydrogens (primary N) is 1. The molecule has 4 heteroatoms. The molecule has 3 atom stereocenters. The average molecular weight is 241 g/mol. The molecule has 0 radical (unpaired) electrons. The molecule has 0 spiro atoms. The predicted molar refractivity (Wildman–Crippen MR) is 70.2 cm³/mol. The Morgan fingerprint density at radius 1 is 1.47 bits per heavy atom. The number of hydrogen-bond donors (Lipinski definition) is 2. The summed E-state index contributed by atoms with van der Waals surface area (Å²) in [5.74, 6) is 5.11. The summed E-state index contributed by atoms with van der Waals surface area (Å²) in [6, 6.07) is 0.923. The Morgan fingerprint density at radius 2 is 2.18 bits per heavy atom. The molecular weight excluding hydrogens is 214 g/mol. The van der Waals surface area contributed by atoms with E-state index < -0.39 is 0 Å². The average Bonchev–Trinajstić information content (AvgIpc) is 2.37. The second-order valence-corrected chi connectivity index (χ2v) is 5.21. The van der Waals surface area contributed by atoms with E-state index in [4.69, 9.17) is 5.84 Å². The third-order valence-corrected chi connectivity index (χ3v) is 4.10. The maximum atomic E-state index is 11.6. The predicted octanol–water partition coefficient (Wildman–Crippen LogP) is 1.66. The van der Waals surface area contributed by atoms with Gasteiger partial charge in [0.15, 0.2) is 0 Å². The van der Waals surface area contributed by atoms with Crippen LogP contribution >= 0.6 is 0 Å². The highest BCUT2D eigenvalue weighted by molar-refractivity contribution is 5.78. The molecule has 0 aliphatic carbocycles. The van der Waals surface area contributed by atoms with Crippen molar-refractivity contribution in [3.05, 3.63) is 0 Å². The van der Waals surface area contributed by atoms with Gasteiger partial charge in [-0.15, -0.1) is 0 Å². The van der Waals surface area contributed by atoms with Gasteiger partial charge in [-0.25, -0.2) is 5.84 Å². The lowest BCUT2D eigenvalue weighted by Crippen LogP contribution is -2.51. The smallest absolute Gasteiger partial charge is 0.238 e. The molecule has 1 saturated heterocycles. The monoisotopic (exact) mass is 241 g/mol. The topological polar surface area (TPSA) is 58.4 Å². The maximum absolute atomic E-state index is 11.6. The molecule has 4 nitrogen and oxygen atoms in total. The van der Waals surface area contributed by atoms with Crippen LogP contribution in [0.1, 0.15) is 52.9 Å². The van der Waals surface area contributed by atoms with Gasteiger partial charge in [0, 0.05) is 12.1 Å². The second kappa shape index (κ2) is 6.97. The summed E-state index contributed by atoms with van der Waals surface area (Å²) in [6.07, 6.45) is 6.30. The zero-order valence-electron chi connectivity index (χ0n) is 11.4. The van der Waals surface area contributed by atoms with Crippen molar-refractivity contribution in [3.8, 4) is 0 Å². The fraction of sp³-hybridized carbons (Fsp3) is 0.923. The van der Waals surface area contributed by atoms with Gasteiger partial charge in [-0.3, -0.25) is 15.1 Å². The maximum Gasteiger partial charge on any atom is 0.238 e. The minimum absolute atomic E-state index is 0.0440. The number of hydrogen-bond acceptors (Lipinski definition) is 3. The summed E-state index contributed by atoms with van der Waals surface area (Å²) in [4.78, 5) is 14.1. The number of carbonyl (C=O) groups excluding carboxylic acids is 1. The van der Waals surface area contributed by atoms with E-state index in [2.05, 4.69) is 24.2 Å². The molecule has 3 N–H and O–H groups in total.